The zero-order chi connectivity index (χ0) is 77.8. The minimum atomic E-state index is -4.97. The lowest BCUT2D eigenvalue weighted by atomic mass is 10.0. The first-order chi connectivity index (χ1) is 51.4. The van der Waals surface area contributed by atoms with Crippen LogP contribution in [0.25, 0.3) is 0 Å². The van der Waals surface area contributed by atoms with Gasteiger partial charge in [0, 0.05) is 25.7 Å². The fourth-order valence-electron chi connectivity index (χ4n) is 13.6. The summed E-state index contributed by atoms with van der Waals surface area (Å²) in [6.07, 6.45) is 70.7. The number of carbonyl (C=O) groups excluding carboxylic acids is 4. The third-order valence-corrected chi connectivity index (χ3v) is 22.4. The number of aliphatic hydroxyl groups is 1. The quantitative estimate of drug-likeness (QED) is 0.0222. The number of aliphatic hydroxyl groups excluding tert-OH is 1. The van der Waals surface area contributed by atoms with Gasteiger partial charge in [-0.3, -0.25) is 37.3 Å². The van der Waals surface area contributed by atoms with E-state index in [4.69, 9.17) is 37.0 Å². The Bertz CT molecular complexity index is 2030. The minimum Gasteiger partial charge on any atom is -0.462 e. The molecular formula is C87H170O17P2. The second kappa shape index (κ2) is 78.3. The summed E-state index contributed by atoms with van der Waals surface area (Å²) < 4.78 is 68.9. The summed E-state index contributed by atoms with van der Waals surface area (Å²) in [5.74, 6) is -0.465. The number of hydrogen-bond acceptors (Lipinski definition) is 15. The summed E-state index contributed by atoms with van der Waals surface area (Å²) in [6, 6.07) is 0. The van der Waals surface area contributed by atoms with Crippen LogP contribution in [0.1, 0.15) is 465 Å². The molecule has 0 aliphatic heterocycles. The largest absolute Gasteiger partial charge is 0.472 e. The number of rotatable bonds is 86. The lowest BCUT2D eigenvalue weighted by Gasteiger charge is -2.21. The molecule has 0 amide bonds. The van der Waals surface area contributed by atoms with Crippen molar-refractivity contribution in [3.05, 3.63) is 0 Å². The Balaban J connectivity index is 5.24. The third kappa shape index (κ3) is 80.1. The molecule has 0 rings (SSSR count). The maximum absolute atomic E-state index is 13.2. The second-order valence-corrected chi connectivity index (χ2v) is 35.1. The van der Waals surface area contributed by atoms with Crippen molar-refractivity contribution in [2.45, 2.75) is 484 Å². The first-order valence-corrected chi connectivity index (χ1v) is 48.0. The number of carbonyl (C=O) groups is 4. The van der Waals surface area contributed by atoms with E-state index in [0.717, 1.165) is 102 Å². The molecule has 0 heterocycles. The van der Waals surface area contributed by atoms with Crippen LogP contribution in [0.2, 0.25) is 0 Å². The van der Waals surface area contributed by atoms with Gasteiger partial charge in [0.05, 0.1) is 26.4 Å². The Morgan fingerprint density at radius 1 is 0.255 bits per heavy atom. The Kier molecular flexibility index (Phi) is 76.9. The van der Waals surface area contributed by atoms with E-state index in [2.05, 4.69) is 41.5 Å². The molecule has 0 saturated carbocycles. The Morgan fingerprint density at radius 2 is 0.434 bits per heavy atom. The average molecular weight is 1550 g/mol. The molecule has 0 aliphatic rings. The molecule has 5 atom stereocenters. The predicted octanol–water partition coefficient (Wildman–Crippen LogP) is 26.6. The fraction of sp³-hybridized carbons (Fsp3) is 0.954. The van der Waals surface area contributed by atoms with Crippen LogP contribution in [-0.4, -0.2) is 96.7 Å². The van der Waals surface area contributed by atoms with E-state index in [1.807, 2.05) is 0 Å². The number of esters is 4. The molecule has 0 saturated heterocycles. The zero-order valence-corrected chi connectivity index (χ0v) is 71.5. The molecule has 19 heteroatoms. The van der Waals surface area contributed by atoms with Gasteiger partial charge < -0.3 is 33.8 Å². The topological polar surface area (TPSA) is 237 Å². The van der Waals surface area contributed by atoms with E-state index in [1.165, 1.54) is 283 Å². The van der Waals surface area contributed by atoms with Crippen molar-refractivity contribution in [3.8, 4) is 0 Å². The molecule has 0 aliphatic carbocycles. The first kappa shape index (κ1) is 104. The van der Waals surface area contributed by atoms with Crippen LogP contribution >= 0.6 is 15.6 Å². The Morgan fingerprint density at radius 3 is 0.642 bits per heavy atom. The van der Waals surface area contributed by atoms with E-state index in [-0.39, 0.29) is 25.7 Å². The van der Waals surface area contributed by atoms with Gasteiger partial charge in [-0.15, -0.1) is 0 Å². The summed E-state index contributed by atoms with van der Waals surface area (Å²) in [5.41, 5.74) is 0. The van der Waals surface area contributed by atoms with Crippen molar-refractivity contribution in [1.29, 1.82) is 0 Å². The summed E-state index contributed by atoms with van der Waals surface area (Å²) in [6.45, 7) is 9.75. The van der Waals surface area contributed by atoms with E-state index < -0.39 is 97.5 Å². The number of phosphoric acid groups is 2. The molecule has 0 radical (unpaired) electrons. The monoisotopic (exact) mass is 1550 g/mol. The molecule has 3 N–H and O–H groups in total. The van der Waals surface area contributed by atoms with Gasteiger partial charge in [-0.2, -0.15) is 0 Å². The van der Waals surface area contributed by atoms with Gasteiger partial charge in [0.15, 0.2) is 12.2 Å². The van der Waals surface area contributed by atoms with E-state index >= 15 is 0 Å². The standard InChI is InChI=1S/C87H170O17P2/c1-7-9-11-13-15-17-19-21-34-41-47-53-59-65-71-86(91)103-82(75-97-84(89)69-63-57-51-45-39-20-18-16-14-12-10-8-2)77-101-105(93,94)99-73-81(88)74-100-106(95,96)102-78-83(76-98-85(90)70-64-58-52-46-40-35-30-27-26-29-33-38-44-50-56-62-68-80(5)6)104-87(92)72-66-60-54-48-42-36-31-25-23-22-24-28-32-37-43-49-55-61-67-79(3)4/h79-83,88H,7-78H2,1-6H3,(H,93,94)(H,95,96)/t81-,82+,83+/m0/s1. The molecule has 0 bridgehead atoms. The van der Waals surface area contributed by atoms with Gasteiger partial charge in [-0.25, -0.2) is 9.13 Å². The fourth-order valence-corrected chi connectivity index (χ4v) is 15.2. The highest BCUT2D eigenvalue weighted by Crippen LogP contribution is 2.45. The molecule has 106 heavy (non-hydrogen) atoms. The van der Waals surface area contributed by atoms with Gasteiger partial charge in [0.1, 0.15) is 19.3 Å². The van der Waals surface area contributed by atoms with Crippen molar-refractivity contribution < 1.29 is 80.2 Å². The summed E-state index contributed by atoms with van der Waals surface area (Å²) >= 11 is 0. The predicted molar refractivity (Wildman–Crippen MR) is 437 cm³/mol. The number of hydrogen-bond donors (Lipinski definition) is 3. The highest BCUT2D eigenvalue weighted by Gasteiger charge is 2.30. The highest BCUT2D eigenvalue weighted by molar-refractivity contribution is 7.47. The number of phosphoric ester groups is 2. The molecule has 0 aromatic rings. The van der Waals surface area contributed by atoms with E-state index in [9.17, 15) is 43.2 Å². The number of unbranched alkanes of at least 4 members (excludes halogenated alkanes) is 56. The van der Waals surface area contributed by atoms with Crippen LogP contribution in [0.5, 0.6) is 0 Å². The maximum atomic E-state index is 13.2. The third-order valence-electron chi connectivity index (χ3n) is 20.5. The van der Waals surface area contributed by atoms with Crippen LogP contribution < -0.4 is 0 Å². The van der Waals surface area contributed by atoms with Crippen LogP contribution in [0.4, 0.5) is 0 Å². The molecule has 0 aromatic carbocycles. The van der Waals surface area contributed by atoms with Gasteiger partial charge in [0.2, 0.25) is 0 Å². The van der Waals surface area contributed by atoms with Crippen molar-refractivity contribution in [2.75, 3.05) is 39.6 Å². The number of ether oxygens (including phenoxy) is 4. The first-order valence-electron chi connectivity index (χ1n) is 45.0. The Labute approximate surface area is 651 Å². The molecule has 2 unspecified atom stereocenters. The van der Waals surface area contributed by atoms with Gasteiger partial charge in [0.25, 0.3) is 0 Å². The molecule has 0 spiro atoms. The Hall–Kier alpha value is -1.94. The molecule has 630 valence electrons. The molecule has 0 aromatic heterocycles. The highest BCUT2D eigenvalue weighted by atomic mass is 31.2. The van der Waals surface area contributed by atoms with E-state index in [0.29, 0.717) is 25.7 Å². The smallest absolute Gasteiger partial charge is 0.462 e. The minimum absolute atomic E-state index is 0.109. The van der Waals surface area contributed by atoms with Crippen LogP contribution in [-0.2, 0) is 65.4 Å². The van der Waals surface area contributed by atoms with Crippen molar-refractivity contribution >= 4 is 39.5 Å². The van der Waals surface area contributed by atoms with Crippen LogP contribution in [0.3, 0.4) is 0 Å². The van der Waals surface area contributed by atoms with Crippen molar-refractivity contribution in [2.24, 2.45) is 11.8 Å². The van der Waals surface area contributed by atoms with Crippen molar-refractivity contribution in [3.63, 3.8) is 0 Å². The average Bonchev–Trinajstić information content (AvgIpc) is 0.870. The maximum Gasteiger partial charge on any atom is 0.472 e. The summed E-state index contributed by atoms with van der Waals surface area (Å²) in [7, 11) is -9.93. The van der Waals surface area contributed by atoms with Crippen LogP contribution in [0, 0.1) is 11.8 Å². The van der Waals surface area contributed by atoms with Crippen LogP contribution in [0.15, 0.2) is 0 Å². The lowest BCUT2D eigenvalue weighted by molar-refractivity contribution is -0.161. The van der Waals surface area contributed by atoms with Gasteiger partial charge in [-0.05, 0) is 37.5 Å². The summed E-state index contributed by atoms with van der Waals surface area (Å²) in [4.78, 5) is 73.3. The van der Waals surface area contributed by atoms with Gasteiger partial charge >= 0.3 is 39.5 Å². The van der Waals surface area contributed by atoms with Crippen molar-refractivity contribution in [1.82, 2.24) is 0 Å². The molecule has 17 nitrogen and oxygen atoms in total. The molecular weight excluding hydrogens is 1380 g/mol. The lowest BCUT2D eigenvalue weighted by Crippen LogP contribution is -2.30. The van der Waals surface area contributed by atoms with E-state index in [1.54, 1.807) is 0 Å². The normalized spacial score (nSPS) is 13.8. The van der Waals surface area contributed by atoms with Gasteiger partial charge in [-0.1, -0.05) is 414 Å². The SMILES string of the molecule is CCCCCCCCCCCCCCCCC(=O)O[C@H](COC(=O)CCCCCCCCCCCCCC)COP(=O)(O)OC[C@H](O)COP(=O)(O)OC[C@@H](COC(=O)CCCCCCCCCCCCCCCCCCC(C)C)OC(=O)CCCCCCCCCCCCCCCCCCCCC(C)C. The second-order valence-electron chi connectivity index (χ2n) is 32.2. The summed E-state index contributed by atoms with van der Waals surface area (Å²) in [5, 5.41) is 10.7. The zero-order valence-electron chi connectivity index (χ0n) is 69.7. The molecule has 0 fully saturated rings.